The van der Waals surface area contributed by atoms with Crippen LogP contribution in [-0.2, 0) is 6.18 Å². The van der Waals surface area contributed by atoms with Crippen molar-refractivity contribution in [3.8, 4) is 5.82 Å². The predicted molar refractivity (Wildman–Crippen MR) is 95.0 cm³/mol. The first-order valence-corrected chi connectivity index (χ1v) is 8.14. The van der Waals surface area contributed by atoms with Crippen molar-refractivity contribution in [3.63, 3.8) is 0 Å². The summed E-state index contributed by atoms with van der Waals surface area (Å²) in [5.41, 5.74) is 2.27. The topological polar surface area (TPSA) is 59.8 Å². The van der Waals surface area contributed by atoms with E-state index in [4.69, 9.17) is 0 Å². The van der Waals surface area contributed by atoms with E-state index in [1.54, 1.807) is 25.1 Å². The Labute approximate surface area is 153 Å². The van der Waals surface area contributed by atoms with Crippen molar-refractivity contribution >= 4 is 11.7 Å². The lowest BCUT2D eigenvalue weighted by Crippen LogP contribution is -2.16. The average molecular weight is 374 g/mol. The van der Waals surface area contributed by atoms with E-state index in [2.05, 4.69) is 15.4 Å². The van der Waals surface area contributed by atoms with Gasteiger partial charge in [0.15, 0.2) is 5.82 Å². The summed E-state index contributed by atoms with van der Waals surface area (Å²) < 4.78 is 39.4. The molecule has 2 heterocycles. The number of nitrogens with one attached hydrogen (secondary N) is 1. The number of hydrogen-bond donors (Lipinski definition) is 1. The number of rotatable bonds is 3. The van der Waals surface area contributed by atoms with Gasteiger partial charge in [-0.15, -0.1) is 0 Å². The molecule has 3 rings (SSSR count). The maximum Gasteiger partial charge on any atom is 0.417 e. The van der Waals surface area contributed by atoms with Crippen LogP contribution in [0.1, 0.15) is 32.7 Å². The van der Waals surface area contributed by atoms with Gasteiger partial charge in [0.2, 0.25) is 0 Å². The Morgan fingerprint density at radius 2 is 1.78 bits per heavy atom. The van der Waals surface area contributed by atoms with Gasteiger partial charge in [-0.3, -0.25) is 4.79 Å². The third-order valence-corrected chi connectivity index (χ3v) is 4.13. The number of halogens is 3. The predicted octanol–water partition coefficient (Wildman–Crippen LogP) is 4.46. The molecule has 8 heteroatoms. The Bertz CT molecular complexity index is 991. The number of anilines is 1. The molecule has 0 saturated heterocycles. The first kappa shape index (κ1) is 18.6. The molecule has 0 saturated carbocycles. The fourth-order valence-corrected chi connectivity index (χ4v) is 2.51. The summed E-state index contributed by atoms with van der Waals surface area (Å²) in [6.45, 7) is 5.57. The van der Waals surface area contributed by atoms with E-state index in [0.717, 1.165) is 23.4 Å². The van der Waals surface area contributed by atoms with Gasteiger partial charge in [0.05, 0.1) is 11.3 Å². The summed E-state index contributed by atoms with van der Waals surface area (Å²) in [7, 11) is 0. The summed E-state index contributed by atoms with van der Waals surface area (Å²) in [5, 5.41) is 6.95. The lowest BCUT2D eigenvalue weighted by molar-refractivity contribution is -0.137. The molecule has 1 amide bonds. The van der Waals surface area contributed by atoms with Gasteiger partial charge < -0.3 is 5.32 Å². The van der Waals surface area contributed by atoms with Crippen molar-refractivity contribution in [2.45, 2.75) is 26.9 Å². The number of aryl methyl sites for hydroxylation is 3. The number of amides is 1. The second-order valence-corrected chi connectivity index (χ2v) is 6.24. The van der Waals surface area contributed by atoms with Crippen molar-refractivity contribution in [1.29, 1.82) is 0 Å². The van der Waals surface area contributed by atoms with Crippen LogP contribution in [0.15, 0.2) is 42.6 Å². The highest BCUT2D eigenvalue weighted by molar-refractivity contribution is 6.04. The van der Waals surface area contributed by atoms with Gasteiger partial charge in [-0.2, -0.15) is 23.0 Å². The van der Waals surface area contributed by atoms with Gasteiger partial charge in [0, 0.05) is 17.8 Å². The molecule has 5 nitrogen and oxygen atoms in total. The normalized spacial score (nSPS) is 11.5. The van der Waals surface area contributed by atoms with E-state index in [0.29, 0.717) is 17.1 Å². The van der Waals surface area contributed by atoms with E-state index >= 15 is 0 Å². The fraction of sp³-hybridized carbons (Fsp3) is 0.211. The smallest absolute Gasteiger partial charge is 0.306 e. The Morgan fingerprint density at radius 3 is 2.37 bits per heavy atom. The van der Waals surface area contributed by atoms with Gasteiger partial charge in [-0.1, -0.05) is 6.07 Å². The summed E-state index contributed by atoms with van der Waals surface area (Å²) in [4.78, 5) is 16.4. The summed E-state index contributed by atoms with van der Waals surface area (Å²) >= 11 is 0. The van der Waals surface area contributed by atoms with E-state index in [1.807, 2.05) is 19.9 Å². The molecular weight excluding hydrogens is 357 g/mol. The third-order valence-electron chi connectivity index (χ3n) is 4.13. The number of alkyl halides is 3. The molecule has 1 aromatic carbocycles. The van der Waals surface area contributed by atoms with Crippen LogP contribution in [0, 0.1) is 20.8 Å². The minimum Gasteiger partial charge on any atom is -0.306 e. The summed E-state index contributed by atoms with van der Waals surface area (Å²) in [5.74, 6) is 0.153. The number of hydrogen-bond acceptors (Lipinski definition) is 3. The molecular formula is C19H17F3N4O. The van der Waals surface area contributed by atoms with Crippen LogP contribution >= 0.6 is 0 Å². The molecule has 0 atom stereocenters. The monoisotopic (exact) mass is 374 g/mol. The summed E-state index contributed by atoms with van der Waals surface area (Å²) in [6.07, 6.45) is -3.73. The fourth-order valence-electron chi connectivity index (χ4n) is 2.51. The standard InChI is InChI=1S/C19H17F3N4O/c1-11-4-5-14(8-12(11)2)18(27)24-17-9-13(3)25-26(17)16-7-6-15(10-23-16)19(20,21)22/h4-10H,1-3H3,(H,24,27). The van der Waals surface area contributed by atoms with Crippen LogP contribution in [-0.4, -0.2) is 20.7 Å². The molecule has 0 aliphatic heterocycles. The van der Waals surface area contributed by atoms with Gasteiger partial charge >= 0.3 is 6.18 Å². The molecule has 0 aliphatic carbocycles. The van der Waals surface area contributed by atoms with E-state index in [1.165, 1.54) is 10.7 Å². The minimum absolute atomic E-state index is 0.173. The molecule has 0 bridgehead atoms. The second-order valence-electron chi connectivity index (χ2n) is 6.24. The van der Waals surface area contributed by atoms with Crippen LogP contribution in [0.4, 0.5) is 19.0 Å². The number of benzene rings is 1. The number of aromatic nitrogens is 3. The van der Waals surface area contributed by atoms with Crippen molar-refractivity contribution < 1.29 is 18.0 Å². The van der Waals surface area contributed by atoms with E-state index < -0.39 is 11.7 Å². The van der Waals surface area contributed by atoms with Gasteiger partial charge in [0.1, 0.15) is 5.82 Å². The van der Waals surface area contributed by atoms with Crippen molar-refractivity contribution in [1.82, 2.24) is 14.8 Å². The summed E-state index contributed by atoms with van der Waals surface area (Å²) in [6, 6.07) is 9.09. The number of carbonyl (C=O) groups excluding carboxylic acids is 1. The largest absolute Gasteiger partial charge is 0.417 e. The SMILES string of the molecule is Cc1cc(NC(=O)c2ccc(C)c(C)c2)n(-c2ccc(C(F)(F)F)cn2)n1. The molecule has 2 aromatic heterocycles. The highest BCUT2D eigenvalue weighted by atomic mass is 19.4. The first-order valence-electron chi connectivity index (χ1n) is 8.14. The maximum absolute atomic E-state index is 12.7. The number of nitrogens with zero attached hydrogens (tertiary/aromatic N) is 3. The Balaban J connectivity index is 1.90. The lowest BCUT2D eigenvalue weighted by atomic mass is 10.1. The minimum atomic E-state index is -4.47. The second kappa shape index (κ2) is 6.86. The highest BCUT2D eigenvalue weighted by Crippen LogP contribution is 2.29. The quantitative estimate of drug-likeness (QED) is 0.736. The molecule has 0 fully saturated rings. The molecule has 140 valence electrons. The molecule has 0 spiro atoms. The molecule has 3 aromatic rings. The van der Waals surface area contributed by atoms with Crippen molar-refractivity contribution in [3.05, 3.63) is 70.5 Å². The van der Waals surface area contributed by atoms with Gasteiger partial charge in [0.25, 0.3) is 5.91 Å². The Morgan fingerprint density at radius 1 is 1.04 bits per heavy atom. The number of pyridine rings is 1. The molecule has 0 aliphatic rings. The molecule has 1 N–H and O–H groups in total. The zero-order valence-corrected chi connectivity index (χ0v) is 14.9. The van der Waals surface area contributed by atoms with Crippen LogP contribution in [0.25, 0.3) is 5.82 Å². The van der Waals surface area contributed by atoms with Crippen LogP contribution in [0.5, 0.6) is 0 Å². The Kier molecular flexibility index (Phi) is 4.73. The molecule has 27 heavy (non-hydrogen) atoms. The van der Waals surface area contributed by atoms with Crippen LogP contribution in [0.2, 0.25) is 0 Å². The van der Waals surface area contributed by atoms with E-state index in [9.17, 15) is 18.0 Å². The highest BCUT2D eigenvalue weighted by Gasteiger charge is 2.30. The Hall–Kier alpha value is -3.16. The molecule has 0 unspecified atom stereocenters. The van der Waals surface area contributed by atoms with E-state index in [-0.39, 0.29) is 11.7 Å². The average Bonchev–Trinajstić information content (AvgIpc) is 2.97. The molecule has 0 radical (unpaired) electrons. The van der Waals surface area contributed by atoms with Gasteiger partial charge in [-0.05, 0) is 56.2 Å². The lowest BCUT2D eigenvalue weighted by Gasteiger charge is -2.10. The third kappa shape index (κ3) is 3.99. The van der Waals surface area contributed by atoms with Crippen molar-refractivity contribution in [2.24, 2.45) is 0 Å². The van der Waals surface area contributed by atoms with Gasteiger partial charge in [-0.25, -0.2) is 4.98 Å². The van der Waals surface area contributed by atoms with Crippen LogP contribution < -0.4 is 5.32 Å². The van der Waals surface area contributed by atoms with Crippen molar-refractivity contribution in [2.75, 3.05) is 5.32 Å². The maximum atomic E-state index is 12.7. The first-order chi connectivity index (χ1) is 12.6. The van der Waals surface area contributed by atoms with Crippen LogP contribution in [0.3, 0.4) is 0 Å². The zero-order valence-electron chi connectivity index (χ0n) is 14.9. The zero-order chi connectivity index (χ0) is 19.8. The number of carbonyl (C=O) groups is 1.